The van der Waals surface area contributed by atoms with E-state index in [1.807, 2.05) is 31.5 Å². The Morgan fingerprint density at radius 3 is 2.91 bits per heavy atom. The molecule has 0 spiro atoms. The normalized spacial score (nSPS) is 12.2. The van der Waals surface area contributed by atoms with Gasteiger partial charge in [-0.15, -0.1) is 0 Å². The minimum absolute atomic E-state index is 0.107. The monoisotopic (exact) mass is 382 g/mol. The van der Waals surface area contributed by atoms with Gasteiger partial charge in [0.25, 0.3) is 0 Å². The van der Waals surface area contributed by atoms with Crippen LogP contribution in [0.25, 0.3) is 5.69 Å². The largest absolute Gasteiger partial charge is 0.309 e. The highest BCUT2D eigenvalue weighted by Gasteiger charge is 2.21. The molecule has 7 heteroatoms. The molecule has 5 nitrogen and oxygen atoms in total. The zero-order valence-electron chi connectivity index (χ0n) is 12.9. The molecule has 0 unspecified atom stereocenters. The Bertz CT molecular complexity index is 632. The van der Waals surface area contributed by atoms with Crippen LogP contribution in [-0.4, -0.2) is 38.7 Å². The maximum atomic E-state index is 12.5. The minimum Gasteiger partial charge on any atom is -0.309 e. The summed E-state index contributed by atoms with van der Waals surface area (Å²) in [7, 11) is 0. The highest BCUT2D eigenvalue weighted by molar-refractivity contribution is 9.10. The number of aromatic nitrogens is 3. The number of thioether (sulfide) groups is 1. The second-order valence-electron chi connectivity index (χ2n) is 4.85. The summed E-state index contributed by atoms with van der Waals surface area (Å²) < 4.78 is 2.38. The topological polar surface area (TPSA) is 51.0 Å². The van der Waals surface area contributed by atoms with Crippen LogP contribution in [0.2, 0.25) is 0 Å². The van der Waals surface area contributed by atoms with Crippen molar-refractivity contribution in [3.63, 3.8) is 0 Å². The highest BCUT2D eigenvalue weighted by Crippen LogP contribution is 2.27. The van der Waals surface area contributed by atoms with Gasteiger partial charge in [-0.25, -0.2) is 4.68 Å². The first-order chi connectivity index (χ1) is 10.6. The van der Waals surface area contributed by atoms with Crippen molar-refractivity contribution < 1.29 is 4.79 Å². The van der Waals surface area contributed by atoms with E-state index in [4.69, 9.17) is 0 Å². The molecule has 118 valence electrons. The molecule has 0 aliphatic carbocycles. The van der Waals surface area contributed by atoms with Crippen LogP contribution >= 0.6 is 27.7 Å². The predicted octanol–water partition coefficient (Wildman–Crippen LogP) is 3.52. The molecule has 0 radical (unpaired) electrons. The van der Waals surface area contributed by atoms with Gasteiger partial charge in [0.1, 0.15) is 0 Å². The van der Waals surface area contributed by atoms with Gasteiger partial charge in [0.2, 0.25) is 5.91 Å². The van der Waals surface area contributed by atoms with Gasteiger partial charge in [-0.1, -0.05) is 6.92 Å². The predicted molar refractivity (Wildman–Crippen MR) is 94.7 cm³/mol. The minimum atomic E-state index is 0.107. The number of rotatable bonds is 6. The van der Waals surface area contributed by atoms with Crippen LogP contribution in [0.1, 0.15) is 20.3 Å². The van der Waals surface area contributed by atoms with Gasteiger partial charge in [0, 0.05) is 24.4 Å². The summed E-state index contributed by atoms with van der Waals surface area (Å²) in [5, 5.41) is 4.73. The lowest BCUT2D eigenvalue weighted by atomic mass is 10.3. The molecule has 0 saturated carbocycles. The standard InChI is InChI=1S/C15H19BrN4OS/c1-4-19(14(21)8-11(2)22-3)13-10-20(18-15(13)16)12-6-5-7-17-9-12/h5-7,9-11H,4,8H2,1-3H3/t11-/m0/s1. The van der Waals surface area contributed by atoms with Crippen LogP contribution < -0.4 is 4.90 Å². The molecule has 0 fully saturated rings. The first-order valence-electron chi connectivity index (χ1n) is 7.05. The van der Waals surface area contributed by atoms with Crippen molar-refractivity contribution >= 4 is 39.3 Å². The maximum Gasteiger partial charge on any atom is 0.228 e. The molecular weight excluding hydrogens is 364 g/mol. The van der Waals surface area contributed by atoms with Crippen molar-refractivity contribution in [2.24, 2.45) is 0 Å². The van der Waals surface area contributed by atoms with E-state index in [1.54, 1.807) is 33.7 Å². The summed E-state index contributed by atoms with van der Waals surface area (Å²) in [6.45, 7) is 4.64. The molecule has 0 aliphatic heterocycles. The number of hydrogen-bond donors (Lipinski definition) is 0. The van der Waals surface area contributed by atoms with E-state index in [2.05, 4.69) is 32.9 Å². The van der Waals surface area contributed by atoms with Gasteiger partial charge in [-0.05, 0) is 41.2 Å². The van der Waals surface area contributed by atoms with Crippen molar-refractivity contribution in [2.75, 3.05) is 17.7 Å². The van der Waals surface area contributed by atoms with E-state index in [0.29, 0.717) is 22.8 Å². The third-order valence-corrected chi connectivity index (χ3v) is 4.87. The first-order valence-corrected chi connectivity index (χ1v) is 9.13. The fourth-order valence-corrected chi connectivity index (χ4v) is 2.86. The van der Waals surface area contributed by atoms with Crippen molar-refractivity contribution in [1.82, 2.24) is 14.8 Å². The summed E-state index contributed by atoms with van der Waals surface area (Å²) in [6.07, 6.45) is 7.84. The summed E-state index contributed by atoms with van der Waals surface area (Å²) in [6, 6.07) is 3.78. The fourth-order valence-electron chi connectivity index (χ4n) is 2.07. The molecule has 2 heterocycles. The number of nitrogens with zero attached hydrogens (tertiary/aromatic N) is 4. The Morgan fingerprint density at radius 2 is 2.32 bits per heavy atom. The van der Waals surface area contributed by atoms with Gasteiger partial charge < -0.3 is 4.90 Å². The molecule has 2 aromatic rings. The number of carbonyl (C=O) groups is 1. The Balaban J connectivity index is 2.27. The smallest absolute Gasteiger partial charge is 0.228 e. The average molecular weight is 383 g/mol. The Kier molecular flexibility index (Phi) is 6.02. The maximum absolute atomic E-state index is 12.5. The van der Waals surface area contributed by atoms with Crippen LogP contribution in [0.5, 0.6) is 0 Å². The lowest BCUT2D eigenvalue weighted by Gasteiger charge is -2.21. The lowest BCUT2D eigenvalue weighted by molar-refractivity contribution is -0.118. The fraction of sp³-hybridized carbons (Fsp3) is 0.400. The molecule has 2 rings (SSSR count). The number of amides is 1. The number of pyridine rings is 1. The molecule has 1 amide bonds. The van der Waals surface area contributed by atoms with Crippen LogP contribution in [0.15, 0.2) is 35.3 Å². The van der Waals surface area contributed by atoms with E-state index in [9.17, 15) is 4.79 Å². The Labute approximate surface area is 143 Å². The molecule has 22 heavy (non-hydrogen) atoms. The van der Waals surface area contributed by atoms with E-state index in [-0.39, 0.29) is 5.91 Å². The van der Waals surface area contributed by atoms with Crippen LogP contribution in [-0.2, 0) is 4.79 Å². The van der Waals surface area contributed by atoms with Crippen molar-refractivity contribution in [3.8, 4) is 5.69 Å². The first kappa shape index (κ1) is 17.0. The quantitative estimate of drug-likeness (QED) is 0.766. The van der Waals surface area contributed by atoms with Gasteiger partial charge >= 0.3 is 0 Å². The van der Waals surface area contributed by atoms with E-state index in [1.165, 1.54) is 0 Å². The van der Waals surface area contributed by atoms with Gasteiger partial charge in [0.05, 0.1) is 23.8 Å². The number of hydrogen-bond acceptors (Lipinski definition) is 4. The number of anilines is 1. The van der Waals surface area contributed by atoms with E-state index in [0.717, 1.165) is 11.4 Å². The third kappa shape index (κ3) is 3.89. The van der Waals surface area contributed by atoms with Crippen molar-refractivity contribution in [1.29, 1.82) is 0 Å². The molecule has 2 aromatic heterocycles. The summed E-state index contributed by atoms with van der Waals surface area (Å²) in [5.41, 5.74) is 1.64. The molecule has 1 atom stereocenters. The SMILES string of the molecule is CCN(C(=O)C[C@H](C)SC)c1cn(-c2cccnc2)nc1Br. The molecule has 0 bridgehead atoms. The molecular formula is C15H19BrN4OS. The summed E-state index contributed by atoms with van der Waals surface area (Å²) in [4.78, 5) is 18.3. The zero-order valence-corrected chi connectivity index (χ0v) is 15.3. The Morgan fingerprint density at radius 1 is 1.55 bits per heavy atom. The molecule has 0 aromatic carbocycles. The number of halogens is 1. The number of carbonyl (C=O) groups excluding carboxylic acids is 1. The summed E-state index contributed by atoms with van der Waals surface area (Å²) in [5.74, 6) is 0.107. The van der Waals surface area contributed by atoms with Gasteiger partial charge in [-0.2, -0.15) is 16.9 Å². The van der Waals surface area contributed by atoms with Gasteiger partial charge in [-0.3, -0.25) is 9.78 Å². The molecule has 0 saturated heterocycles. The second-order valence-corrected chi connectivity index (χ2v) is 6.88. The van der Waals surface area contributed by atoms with Crippen molar-refractivity contribution in [3.05, 3.63) is 35.3 Å². The third-order valence-electron chi connectivity index (χ3n) is 3.33. The Hall–Kier alpha value is -1.34. The van der Waals surface area contributed by atoms with Crippen LogP contribution in [0, 0.1) is 0 Å². The average Bonchev–Trinajstić information content (AvgIpc) is 2.91. The van der Waals surface area contributed by atoms with E-state index < -0.39 is 0 Å². The second kappa shape index (κ2) is 7.78. The highest BCUT2D eigenvalue weighted by atomic mass is 79.9. The lowest BCUT2D eigenvalue weighted by Crippen LogP contribution is -2.32. The van der Waals surface area contributed by atoms with E-state index >= 15 is 0 Å². The molecule has 0 aliphatic rings. The van der Waals surface area contributed by atoms with Gasteiger partial charge in [0.15, 0.2) is 4.60 Å². The zero-order chi connectivity index (χ0) is 16.1. The van der Waals surface area contributed by atoms with Crippen LogP contribution in [0.3, 0.4) is 0 Å². The summed E-state index contributed by atoms with van der Waals surface area (Å²) >= 11 is 5.15. The van der Waals surface area contributed by atoms with Crippen molar-refractivity contribution in [2.45, 2.75) is 25.5 Å². The molecule has 0 N–H and O–H groups in total. The van der Waals surface area contributed by atoms with Crippen LogP contribution in [0.4, 0.5) is 5.69 Å².